The molecule has 0 unspecified atom stereocenters. The van der Waals surface area contributed by atoms with Crippen molar-refractivity contribution in [3.8, 4) is 5.75 Å². The van der Waals surface area contributed by atoms with Gasteiger partial charge in [-0.15, -0.1) is 0 Å². The molecular weight excluding hydrogens is 1600 g/mol. The zero-order valence-corrected chi connectivity index (χ0v) is 72.0. The summed E-state index contributed by atoms with van der Waals surface area (Å²) in [6, 6.07) is 2.87. The second-order valence-electron chi connectivity index (χ2n) is 31.6. The third kappa shape index (κ3) is 43.7. The number of nitrogens with one attached hydrogen (secondary N) is 12. The van der Waals surface area contributed by atoms with Gasteiger partial charge in [-0.3, -0.25) is 57.5 Å². The Balaban J connectivity index is 2.11. The van der Waals surface area contributed by atoms with E-state index in [4.69, 9.17) is 45.9 Å². The van der Waals surface area contributed by atoms with Crippen molar-refractivity contribution in [2.75, 3.05) is 58.9 Å². The lowest BCUT2D eigenvalue weighted by atomic mass is 9.80. The number of phenols is 1. The van der Waals surface area contributed by atoms with E-state index in [1.165, 1.54) is 72.8 Å². The van der Waals surface area contributed by atoms with Gasteiger partial charge in [-0.25, -0.2) is 4.79 Å². The summed E-state index contributed by atoms with van der Waals surface area (Å²) in [6.07, 6.45) is 6.75. The van der Waals surface area contributed by atoms with E-state index in [9.17, 15) is 83.0 Å². The van der Waals surface area contributed by atoms with Crippen molar-refractivity contribution in [1.29, 1.82) is 0 Å². The van der Waals surface area contributed by atoms with Crippen LogP contribution < -0.4 is 121 Å². The van der Waals surface area contributed by atoms with Crippen LogP contribution in [0.25, 0.3) is 0 Å². The number of primary amides is 1. The van der Waals surface area contributed by atoms with Crippen LogP contribution in [0.3, 0.4) is 0 Å². The van der Waals surface area contributed by atoms with E-state index >= 15 is 9.59 Å². The van der Waals surface area contributed by atoms with Crippen molar-refractivity contribution in [2.45, 2.75) is 267 Å². The number of hydrogen-bond donors (Lipinski definition) is 26. The van der Waals surface area contributed by atoms with Crippen LogP contribution in [-0.2, 0) is 59.2 Å². The Hall–Kier alpha value is -9.78. The minimum Gasteiger partial charge on any atom is -0.508 e. The van der Waals surface area contributed by atoms with Crippen LogP contribution in [0.4, 0.5) is 0 Å². The molecule has 34 N–H and O–H groups in total. The molecule has 692 valence electrons. The van der Waals surface area contributed by atoms with Gasteiger partial charge in [0.1, 0.15) is 60.1 Å². The topological polar surface area (TPSA) is 696 Å². The molecule has 0 fully saturated rings. The first-order valence-corrected chi connectivity index (χ1v) is 43.5. The average Bonchev–Trinajstić information content (AvgIpc) is 0.859. The maximum atomic E-state index is 15.3. The van der Waals surface area contributed by atoms with E-state index in [0.29, 0.717) is 95.7 Å². The van der Waals surface area contributed by atoms with Gasteiger partial charge in [-0.2, -0.15) is 0 Å². The molecule has 0 saturated heterocycles. The Kier molecular flexibility index (Phi) is 54.5. The molecule has 11 atom stereocenters. The molecule has 3 rings (SSSR count). The molecule has 41 heteroatoms. The molecule has 3 aromatic carbocycles. The first kappa shape index (κ1) is 108. The molecule has 0 saturated carbocycles. The van der Waals surface area contributed by atoms with Gasteiger partial charge < -0.3 is 140 Å². The van der Waals surface area contributed by atoms with Gasteiger partial charge in [0.15, 0.2) is 0 Å². The maximum absolute atomic E-state index is 15.3. The number of nitrogens with two attached hydrogens (primary N) is 8. The number of benzene rings is 3. The highest BCUT2D eigenvalue weighted by molar-refractivity contribution is 6.59. The third-order valence-corrected chi connectivity index (χ3v) is 20.8. The van der Waals surface area contributed by atoms with Crippen LogP contribution in [-0.4, -0.2) is 247 Å². The van der Waals surface area contributed by atoms with Gasteiger partial charge in [-0.05, 0) is 272 Å². The Morgan fingerprint density at radius 1 is 0.331 bits per heavy atom. The molecule has 0 radical (unpaired) electrons. The number of amides is 12. The number of carbonyl (C=O) groups is 13. The molecule has 0 aliphatic heterocycles. The molecule has 0 aliphatic carbocycles. The largest absolute Gasteiger partial charge is 0.508 e. The van der Waals surface area contributed by atoms with Crippen LogP contribution >= 0.6 is 0 Å². The zero-order valence-electron chi connectivity index (χ0n) is 72.0. The lowest BCUT2D eigenvalue weighted by molar-refractivity contribution is -0.142. The zero-order chi connectivity index (χ0) is 91.9. The number of aliphatic carboxylic acids is 1. The van der Waals surface area contributed by atoms with Crippen molar-refractivity contribution in [2.24, 2.45) is 51.8 Å². The minimum absolute atomic E-state index is 0.00186. The van der Waals surface area contributed by atoms with Gasteiger partial charge in [-0.1, -0.05) is 63.1 Å². The van der Waals surface area contributed by atoms with E-state index in [1.807, 2.05) is 0 Å². The van der Waals surface area contributed by atoms with Crippen LogP contribution in [0, 0.1) is 5.92 Å². The van der Waals surface area contributed by atoms with E-state index in [-0.39, 0.29) is 189 Å². The van der Waals surface area contributed by atoms with Gasteiger partial charge in [0, 0.05) is 30.6 Å². The summed E-state index contributed by atoms with van der Waals surface area (Å²) in [5.74, 6) is -10.4. The van der Waals surface area contributed by atoms with Gasteiger partial charge >= 0.3 is 20.2 Å². The summed E-state index contributed by atoms with van der Waals surface area (Å²) < 4.78 is 0. The lowest BCUT2D eigenvalue weighted by Crippen LogP contribution is -2.60. The molecule has 0 aromatic heterocycles. The SMILES string of the molecule is CC(C)C[C@H](NC(=O)[C@H](CCCCN)NC(=O)[C@H](CCCCN[C@@H](CCCCN)C(=O)N[C@@H](CCCCNC(=O)c1ccc(B(O)O)cc1)C(=O)N[C@@H](CCCCN)C(N)=O)NC(=O)[C@H](CCCCN)NC(=O)[C@H](CCCCNC(=O)c1ccc(B(O)O)cc1)NC(=O)[C@@H](N)CCCCN)C(=O)N[C@@H](CCCCN)C(=O)N[C@@H](Cc1ccc(O)cc1)C(=O)O. The molecule has 39 nitrogen and oxygen atoms in total. The van der Waals surface area contributed by atoms with Gasteiger partial charge in [0.25, 0.3) is 11.8 Å². The Labute approximate surface area is 727 Å². The number of phenolic OH excluding ortho intramolecular Hbond substituents is 1. The van der Waals surface area contributed by atoms with Crippen LogP contribution in [0.2, 0.25) is 0 Å². The van der Waals surface area contributed by atoms with Crippen molar-refractivity contribution in [1.82, 2.24) is 63.8 Å². The molecule has 3 aromatic rings. The fraction of sp³-hybridized carbons (Fsp3) is 0.627. The second kappa shape index (κ2) is 62.4. The first-order valence-electron chi connectivity index (χ1n) is 43.5. The van der Waals surface area contributed by atoms with Crippen LogP contribution in [0.1, 0.15) is 220 Å². The molecule has 0 spiro atoms. The molecule has 12 amide bonds. The predicted molar refractivity (Wildman–Crippen MR) is 471 cm³/mol. The number of aromatic hydroxyl groups is 1. The Bertz CT molecular complexity index is 3710. The average molecular weight is 1740 g/mol. The monoisotopic (exact) mass is 1740 g/mol. The van der Waals surface area contributed by atoms with Gasteiger partial charge in [0.2, 0.25) is 59.1 Å². The summed E-state index contributed by atoms with van der Waals surface area (Å²) >= 11 is 0. The second-order valence-corrected chi connectivity index (χ2v) is 31.6. The molecule has 0 aliphatic rings. The number of carboxylic acids is 1. The molecule has 0 bridgehead atoms. The molecular formula is C83H140B2N20O19. The van der Waals surface area contributed by atoms with Crippen LogP contribution in [0.5, 0.6) is 5.75 Å². The van der Waals surface area contributed by atoms with Crippen molar-refractivity contribution < 1.29 is 92.6 Å². The predicted octanol–water partition coefficient (Wildman–Crippen LogP) is -4.30. The third-order valence-electron chi connectivity index (χ3n) is 20.8. The standard InChI is InChI=1S/C83H140B2N20O19/c1-53(2)51-69(82(118)103-66(26-8-17-47-91)81(117)105-70(83(119)120)52-54-30-40-59(106)41-31-54)104-80(116)65(25-7-16-46-90)101-79(115)68(102-78(114)64(24-6-15-45-89)100-77(113)63(98-74(110)60(92)21-3-12-42-86)27-10-19-49-95-72(108)55-32-36-57(37-33-55)84(121)122)28-9-18-48-94-62(23-5-14-44-88)75(111)99-67(76(112)97-61(71(93)107)22-4-13-43-87)29-11-20-50-96-73(109)56-34-38-58(39-35-56)85(123)124/h30-41,53,60-70,94,106,121-124H,3-29,42-52,86-92H2,1-2H3,(H2,93,107)(H,95,108)(H,96,109)(H,97,112)(H,98,110)(H,99,111)(H,100,113)(H,101,115)(H,102,114)(H,103,118)(H,104,116)(H,105,117)(H,119,120)/t60-,61-,62-,63-,64-,65-,66-,67-,68-,69-,70-/m0/s1. The summed E-state index contributed by atoms with van der Waals surface area (Å²) in [4.78, 5) is 183. The minimum atomic E-state index is -1.74. The molecule has 124 heavy (non-hydrogen) atoms. The number of carboxylic acid groups (broad SMARTS) is 1. The lowest BCUT2D eigenvalue weighted by Gasteiger charge is -2.28. The van der Waals surface area contributed by atoms with E-state index in [1.54, 1.807) is 13.8 Å². The number of carbonyl (C=O) groups excluding carboxylic acids is 12. The highest BCUT2D eigenvalue weighted by Crippen LogP contribution is 2.17. The van der Waals surface area contributed by atoms with E-state index in [2.05, 4.69) is 63.8 Å². The normalized spacial score (nSPS) is 13.9. The summed E-state index contributed by atoms with van der Waals surface area (Å²) in [7, 11) is -3.47. The van der Waals surface area contributed by atoms with Crippen molar-refractivity contribution >= 4 is 102 Å². The maximum Gasteiger partial charge on any atom is 0.488 e. The smallest absolute Gasteiger partial charge is 0.488 e. The van der Waals surface area contributed by atoms with Crippen molar-refractivity contribution in [3.05, 3.63) is 89.5 Å². The Morgan fingerprint density at radius 3 is 0.927 bits per heavy atom. The number of hydrogen-bond acceptors (Lipinski definition) is 26. The highest BCUT2D eigenvalue weighted by Gasteiger charge is 2.36. The van der Waals surface area contributed by atoms with Crippen molar-refractivity contribution in [3.63, 3.8) is 0 Å². The van der Waals surface area contributed by atoms with E-state index in [0.717, 1.165) is 0 Å². The van der Waals surface area contributed by atoms with Gasteiger partial charge in [0.05, 0.1) is 12.1 Å². The fourth-order valence-electron chi connectivity index (χ4n) is 13.5. The fourth-order valence-corrected chi connectivity index (χ4v) is 13.5. The summed E-state index contributed by atoms with van der Waals surface area (Å²) in [5.41, 5.74) is 48.5. The number of rotatable bonds is 68. The van der Waals surface area contributed by atoms with Crippen LogP contribution in [0.15, 0.2) is 72.8 Å². The van der Waals surface area contributed by atoms with E-state index < -0.39 is 158 Å². The number of unbranched alkanes of at least 4 members (excludes halogenated alkanes) is 9. The summed E-state index contributed by atoms with van der Waals surface area (Å²) in [5, 5.41) is 91.7. The highest BCUT2D eigenvalue weighted by atomic mass is 16.4. The first-order chi connectivity index (χ1) is 59.3. The quantitative estimate of drug-likeness (QED) is 0.0188. The Morgan fingerprint density at radius 2 is 0.605 bits per heavy atom. The summed E-state index contributed by atoms with van der Waals surface area (Å²) in [6.45, 7) is 5.47. The molecule has 0 heterocycles.